The summed E-state index contributed by atoms with van der Waals surface area (Å²) in [6, 6.07) is 0. The molecule has 17 heavy (non-hydrogen) atoms. The van der Waals surface area contributed by atoms with Gasteiger partial charge in [0.25, 0.3) is 0 Å². The second kappa shape index (κ2) is 9.18. The fraction of sp³-hybridized carbons (Fsp3) is 0.727. The third kappa shape index (κ3) is 11.4. The van der Waals surface area contributed by atoms with Crippen molar-refractivity contribution >= 4 is 16.0 Å². The average Bonchev–Trinajstić information content (AvgIpc) is 2.22. The highest BCUT2D eigenvalue weighted by Gasteiger charge is 2.05. The van der Waals surface area contributed by atoms with Crippen LogP contribution in [-0.2, 0) is 14.8 Å². The smallest absolute Gasteiger partial charge is 0.304 e. The first-order valence-electron chi connectivity index (χ1n) is 5.86. The van der Waals surface area contributed by atoms with Gasteiger partial charge in [-0.3, -0.25) is 4.79 Å². The Labute approximate surface area is 103 Å². The number of carboxylic acid groups (broad SMARTS) is 1. The lowest BCUT2D eigenvalue weighted by Gasteiger charge is -2.00. The number of nitrogens with one attached hydrogen (secondary N) is 1. The molecule has 0 spiro atoms. The van der Waals surface area contributed by atoms with Crippen LogP contribution in [-0.4, -0.2) is 26.0 Å². The Morgan fingerprint density at radius 3 is 2.59 bits per heavy atom. The largest absolute Gasteiger partial charge is 0.481 e. The minimum Gasteiger partial charge on any atom is -0.481 e. The van der Waals surface area contributed by atoms with Crippen molar-refractivity contribution in [2.24, 2.45) is 0 Å². The number of aliphatic carboxylic acids is 1. The molecule has 0 saturated heterocycles. The van der Waals surface area contributed by atoms with Crippen molar-refractivity contribution in [1.82, 2.24) is 4.72 Å². The van der Waals surface area contributed by atoms with E-state index in [1.807, 2.05) is 0 Å². The van der Waals surface area contributed by atoms with Crippen LogP contribution in [0.3, 0.4) is 0 Å². The van der Waals surface area contributed by atoms with Crippen LogP contribution in [0.25, 0.3) is 0 Å². The van der Waals surface area contributed by atoms with Crippen molar-refractivity contribution in [3.05, 3.63) is 11.5 Å². The first kappa shape index (κ1) is 16.1. The summed E-state index contributed by atoms with van der Waals surface area (Å²) in [7, 11) is -3.46. The van der Waals surface area contributed by atoms with Gasteiger partial charge in [-0.1, -0.05) is 32.3 Å². The van der Waals surface area contributed by atoms with Gasteiger partial charge in [0.1, 0.15) is 0 Å². The normalized spacial score (nSPS) is 12.1. The molecule has 0 aromatic rings. The summed E-state index contributed by atoms with van der Waals surface area (Å²) < 4.78 is 24.8. The lowest BCUT2D eigenvalue weighted by molar-refractivity contribution is -0.136. The summed E-state index contributed by atoms with van der Waals surface area (Å²) >= 11 is 0. The molecule has 0 radical (unpaired) electrons. The number of allylic oxidation sites excluding steroid dienone is 1. The van der Waals surface area contributed by atoms with Crippen LogP contribution in [0.2, 0.25) is 0 Å². The van der Waals surface area contributed by atoms with Gasteiger partial charge in [-0.15, -0.1) is 0 Å². The molecule has 0 aromatic carbocycles. The molecule has 5 nitrogen and oxygen atoms in total. The maximum atomic E-state index is 11.3. The molecule has 0 amide bonds. The third-order valence-electron chi connectivity index (χ3n) is 2.14. The molecule has 0 unspecified atom stereocenters. The molecule has 0 aliphatic rings. The lowest BCUT2D eigenvalue weighted by Crippen LogP contribution is -2.24. The van der Waals surface area contributed by atoms with E-state index in [9.17, 15) is 13.2 Å². The number of carbonyl (C=O) groups is 1. The van der Waals surface area contributed by atoms with E-state index in [1.54, 1.807) is 6.08 Å². The van der Waals surface area contributed by atoms with E-state index in [2.05, 4.69) is 11.6 Å². The quantitative estimate of drug-likeness (QED) is 0.589. The summed E-state index contributed by atoms with van der Waals surface area (Å²) in [4.78, 5) is 10.2. The number of hydrogen-bond acceptors (Lipinski definition) is 3. The molecule has 0 aliphatic carbocycles. The van der Waals surface area contributed by atoms with Crippen LogP contribution < -0.4 is 4.72 Å². The molecule has 0 saturated carbocycles. The molecule has 0 atom stereocenters. The van der Waals surface area contributed by atoms with Crippen LogP contribution in [0.4, 0.5) is 0 Å². The van der Waals surface area contributed by atoms with E-state index in [-0.39, 0.29) is 13.0 Å². The molecule has 0 bridgehead atoms. The van der Waals surface area contributed by atoms with Gasteiger partial charge >= 0.3 is 5.97 Å². The minimum absolute atomic E-state index is 0.0716. The zero-order valence-electron chi connectivity index (χ0n) is 10.2. The van der Waals surface area contributed by atoms with E-state index in [4.69, 9.17) is 5.11 Å². The summed E-state index contributed by atoms with van der Waals surface area (Å²) in [6.07, 6.45) is 6.54. The number of carboxylic acids is 1. The SMILES string of the molecule is CCCCCC/C=C/S(=O)(=O)NCCC(=O)O. The first-order chi connectivity index (χ1) is 7.98. The summed E-state index contributed by atoms with van der Waals surface area (Å²) in [5.41, 5.74) is 0. The van der Waals surface area contributed by atoms with Crippen molar-refractivity contribution in [1.29, 1.82) is 0 Å². The lowest BCUT2D eigenvalue weighted by atomic mass is 10.2. The van der Waals surface area contributed by atoms with E-state index in [0.29, 0.717) is 0 Å². The summed E-state index contributed by atoms with van der Waals surface area (Å²) in [5, 5.41) is 9.47. The Bertz CT molecular complexity index is 335. The molecule has 6 heteroatoms. The van der Waals surface area contributed by atoms with Crippen molar-refractivity contribution in [2.45, 2.75) is 45.4 Å². The minimum atomic E-state index is -3.46. The van der Waals surface area contributed by atoms with Crippen molar-refractivity contribution in [3.8, 4) is 0 Å². The molecule has 0 fully saturated rings. The van der Waals surface area contributed by atoms with Gasteiger partial charge in [0, 0.05) is 12.0 Å². The Balaban J connectivity index is 3.76. The van der Waals surface area contributed by atoms with E-state index in [0.717, 1.165) is 37.5 Å². The molecule has 2 N–H and O–H groups in total. The van der Waals surface area contributed by atoms with Crippen molar-refractivity contribution < 1.29 is 18.3 Å². The average molecular weight is 263 g/mol. The standard InChI is InChI=1S/C11H21NO4S/c1-2-3-4-5-6-7-10-17(15,16)12-9-8-11(13)14/h7,10,12H,2-6,8-9H2,1H3,(H,13,14)/b10-7+. The second-order valence-corrected chi connectivity index (χ2v) is 5.46. The Morgan fingerprint density at radius 2 is 2.00 bits per heavy atom. The molecular weight excluding hydrogens is 242 g/mol. The highest BCUT2D eigenvalue weighted by atomic mass is 32.2. The fourth-order valence-corrected chi connectivity index (χ4v) is 2.10. The maximum Gasteiger partial charge on any atom is 0.304 e. The maximum absolute atomic E-state index is 11.3. The van der Waals surface area contributed by atoms with Crippen molar-refractivity contribution in [3.63, 3.8) is 0 Å². The molecule has 0 aromatic heterocycles. The van der Waals surface area contributed by atoms with Crippen LogP contribution in [0.1, 0.15) is 45.4 Å². The van der Waals surface area contributed by atoms with Gasteiger partial charge in [-0.2, -0.15) is 0 Å². The van der Waals surface area contributed by atoms with E-state index >= 15 is 0 Å². The van der Waals surface area contributed by atoms with Gasteiger partial charge in [0.2, 0.25) is 10.0 Å². The fourth-order valence-electron chi connectivity index (χ4n) is 1.23. The van der Waals surface area contributed by atoms with Gasteiger partial charge < -0.3 is 5.11 Å². The van der Waals surface area contributed by atoms with Crippen LogP contribution in [0.15, 0.2) is 11.5 Å². The van der Waals surface area contributed by atoms with Gasteiger partial charge in [-0.05, 0) is 12.8 Å². The number of rotatable bonds is 10. The Kier molecular flexibility index (Phi) is 8.71. The topological polar surface area (TPSA) is 83.5 Å². The first-order valence-corrected chi connectivity index (χ1v) is 7.40. The molecule has 0 heterocycles. The van der Waals surface area contributed by atoms with Crippen molar-refractivity contribution in [2.75, 3.05) is 6.54 Å². The zero-order chi connectivity index (χ0) is 13.1. The molecule has 100 valence electrons. The zero-order valence-corrected chi connectivity index (χ0v) is 11.0. The highest BCUT2D eigenvalue weighted by Crippen LogP contribution is 2.03. The Morgan fingerprint density at radius 1 is 1.29 bits per heavy atom. The summed E-state index contributed by atoms with van der Waals surface area (Å²) in [5.74, 6) is -1.02. The van der Waals surface area contributed by atoms with Gasteiger partial charge in [-0.25, -0.2) is 13.1 Å². The number of sulfonamides is 1. The van der Waals surface area contributed by atoms with E-state index < -0.39 is 16.0 Å². The second-order valence-electron chi connectivity index (χ2n) is 3.80. The van der Waals surface area contributed by atoms with Gasteiger partial charge in [0.15, 0.2) is 0 Å². The van der Waals surface area contributed by atoms with Gasteiger partial charge in [0.05, 0.1) is 6.42 Å². The Hall–Kier alpha value is -0.880. The monoisotopic (exact) mass is 263 g/mol. The summed E-state index contributed by atoms with van der Waals surface area (Å²) in [6.45, 7) is 2.05. The predicted octanol–water partition coefficient (Wildman–Crippen LogP) is 1.86. The molecule has 0 aliphatic heterocycles. The highest BCUT2D eigenvalue weighted by molar-refractivity contribution is 7.92. The molecule has 0 rings (SSSR count). The number of hydrogen-bond donors (Lipinski definition) is 2. The predicted molar refractivity (Wildman–Crippen MR) is 67.1 cm³/mol. The van der Waals surface area contributed by atoms with Crippen LogP contribution in [0.5, 0.6) is 0 Å². The van der Waals surface area contributed by atoms with E-state index in [1.165, 1.54) is 0 Å². The van der Waals surface area contributed by atoms with Crippen LogP contribution >= 0.6 is 0 Å². The molecular formula is C11H21NO4S. The third-order valence-corrected chi connectivity index (χ3v) is 3.30. The number of unbranched alkanes of at least 4 members (excludes halogenated alkanes) is 4. The van der Waals surface area contributed by atoms with Crippen LogP contribution in [0, 0.1) is 0 Å².